The van der Waals surface area contributed by atoms with E-state index in [1.54, 1.807) is 19.1 Å². The highest BCUT2D eigenvalue weighted by atomic mass is 32.2. The van der Waals surface area contributed by atoms with Gasteiger partial charge in [-0.05, 0) is 30.0 Å². The standard InChI is InChI=1S/C12H17NO4S/c1-8(2)10-5-4-9(3)11(6-10)18(16,17)13-7-12(14)15/h4-6,8,13H,7H2,1-3H3,(H,14,15). The van der Waals surface area contributed by atoms with E-state index >= 15 is 0 Å². The summed E-state index contributed by atoms with van der Waals surface area (Å²) >= 11 is 0. The van der Waals surface area contributed by atoms with Gasteiger partial charge in [-0.2, -0.15) is 4.72 Å². The van der Waals surface area contributed by atoms with Gasteiger partial charge < -0.3 is 5.11 Å². The van der Waals surface area contributed by atoms with Crippen LogP contribution in [-0.2, 0) is 14.8 Å². The molecule has 5 nitrogen and oxygen atoms in total. The molecule has 0 aliphatic carbocycles. The summed E-state index contributed by atoms with van der Waals surface area (Å²) in [4.78, 5) is 10.5. The molecule has 0 radical (unpaired) electrons. The van der Waals surface area contributed by atoms with E-state index in [1.165, 1.54) is 0 Å². The molecule has 1 aromatic rings. The van der Waals surface area contributed by atoms with Crippen molar-refractivity contribution in [2.24, 2.45) is 0 Å². The number of hydrogen-bond donors (Lipinski definition) is 2. The van der Waals surface area contributed by atoms with Gasteiger partial charge in [-0.25, -0.2) is 8.42 Å². The molecular formula is C12H17NO4S. The fourth-order valence-corrected chi connectivity index (χ4v) is 2.75. The Kier molecular flexibility index (Phi) is 4.48. The van der Waals surface area contributed by atoms with Crippen LogP contribution >= 0.6 is 0 Å². The van der Waals surface area contributed by atoms with Crippen LogP contribution in [0, 0.1) is 6.92 Å². The number of nitrogens with one attached hydrogen (secondary N) is 1. The van der Waals surface area contributed by atoms with E-state index in [0.717, 1.165) is 5.56 Å². The van der Waals surface area contributed by atoms with E-state index in [4.69, 9.17) is 5.11 Å². The summed E-state index contributed by atoms with van der Waals surface area (Å²) in [5.74, 6) is -1.00. The van der Waals surface area contributed by atoms with Crippen LogP contribution in [0.1, 0.15) is 30.9 Å². The van der Waals surface area contributed by atoms with E-state index in [-0.39, 0.29) is 10.8 Å². The molecule has 0 fully saturated rings. The van der Waals surface area contributed by atoms with Gasteiger partial charge in [0, 0.05) is 0 Å². The third-order valence-corrected chi connectivity index (χ3v) is 4.13. The maximum absolute atomic E-state index is 12.0. The fraction of sp³-hybridized carbons (Fsp3) is 0.417. The number of rotatable bonds is 5. The maximum atomic E-state index is 12.0. The lowest BCUT2D eigenvalue weighted by Crippen LogP contribution is -2.30. The molecule has 0 saturated carbocycles. The molecule has 0 amide bonds. The molecule has 1 aromatic carbocycles. The second-order valence-corrected chi connectivity index (χ2v) is 6.13. The van der Waals surface area contributed by atoms with Gasteiger partial charge in [-0.1, -0.05) is 26.0 Å². The number of carbonyl (C=O) groups is 1. The molecule has 0 aliphatic rings. The van der Waals surface area contributed by atoms with Gasteiger partial charge >= 0.3 is 5.97 Å². The van der Waals surface area contributed by atoms with Crippen molar-refractivity contribution in [1.82, 2.24) is 4.72 Å². The molecule has 0 saturated heterocycles. The number of sulfonamides is 1. The normalized spacial score (nSPS) is 11.8. The Balaban J connectivity index is 3.14. The van der Waals surface area contributed by atoms with Gasteiger partial charge in [0.05, 0.1) is 4.90 Å². The number of aryl methyl sites for hydroxylation is 1. The maximum Gasteiger partial charge on any atom is 0.318 e. The number of carboxylic acid groups (broad SMARTS) is 1. The second kappa shape index (κ2) is 5.49. The van der Waals surface area contributed by atoms with Crippen molar-refractivity contribution < 1.29 is 18.3 Å². The van der Waals surface area contributed by atoms with E-state index < -0.39 is 22.5 Å². The van der Waals surface area contributed by atoms with Crippen molar-refractivity contribution in [3.05, 3.63) is 29.3 Å². The number of hydrogen-bond acceptors (Lipinski definition) is 3. The Labute approximate surface area is 107 Å². The largest absolute Gasteiger partial charge is 0.480 e. The van der Waals surface area contributed by atoms with Crippen LogP contribution in [0.15, 0.2) is 23.1 Å². The molecule has 0 aliphatic heterocycles. The van der Waals surface area contributed by atoms with E-state index in [1.807, 2.05) is 19.9 Å². The third-order valence-electron chi connectivity index (χ3n) is 2.58. The second-order valence-electron chi connectivity index (χ2n) is 4.40. The van der Waals surface area contributed by atoms with E-state index in [2.05, 4.69) is 4.72 Å². The van der Waals surface area contributed by atoms with Crippen LogP contribution in [0.5, 0.6) is 0 Å². The predicted molar refractivity (Wildman–Crippen MR) is 68.1 cm³/mol. The first kappa shape index (κ1) is 14.7. The van der Waals surface area contributed by atoms with Crippen molar-refractivity contribution in [2.75, 3.05) is 6.54 Å². The van der Waals surface area contributed by atoms with Crippen molar-refractivity contribution in [3.8, 4) is 0 Å². The Bertz CT molecular complexity index is 549. The molecule has 100 valence electrons. The van der Waals surface area contributed by atoms with Gasteiger partial charge in [-0.3, -0.25) is 4.79 Å². The Morgan fingerprint density at radius 3 is 2.50 bits per heavy atom. The summed E-state index contributed by atoms with van der Waals surface area (Å²) in [6, 6.07) is 5.19. The molecule has 18 heavy (non-hydrogen) atoms. The topological polar surface area (TPSA) is 83.5 Å². The van der Waals surface area contributed by atoms with Crippen molar-refractivity contribution in [2.45, 2.75) is 31.6 Å². The fourth-order valence-electron chi connectivity index (χ4n) is 1.50. The minimum atomic E-state index is -3.77. The van der Waals surface area contributed by atoms with E-state index in [0.29, 0.717) is 5.56 Å². The first-order valence-electron chi connectivity index (χ1n) is 5.56. The molecule has 0 unspecified atom stereocenters. The highest BCUT2D eigenvalue weighted by Crippen LogP contribution is 2.21. The summed E-state index contributed by atoms with van der Waals surface area (Å²) < 4.78 is 26.0. The minimum Gasteiger partial charge on any atom is -0.480 e. The summed E-state index contributed by atoms with van der Waals surface area (Å²) in [5, 5.41) is 8.51. The number of aliphatic carboxylic acids is 1. The van der Waals surface area contributed by atoms with Gasteiger partial charge in [0.15, 0.2) is 0 Å². The van der Waals surface area contributed by atoms with Crippen LogP contribution in [0.3, 0.4) is 0 Å². The average molecular weight is 271 g/mol. The van der Waals surface area contributed by atoms with Gasteiger partial charge in [0.2, 0.25) is 10.0 Å². The molecular weight excluding hydrogens is 254 g/mol. The third kappa shape index (κ3) is 3.54. The number of carboxylic acids is 1. The molecule has 2 N–H and O–H groups in total. The zero-order valence-corrected chi connectivity index (χ0v) is 11.4. The predicted octanol–water partition coefficient (Wildman–Crippen LogP) is 1.48. The Morgan fingerprint density at radius 1 is 1.39 bits per heavy atom. The van der Waals surface area contributed by atoms with Crippen LogP contribution in [0.4, 0.5) is 0 Å². The first-order chi connectivity index (χ1) is 8.24. The lowest BCUT2D eigenvalue weighted by molar-refractivity contribution is -0.135. The molecule has 0 atom stereocenters. The van der Waals surface area contributed by atoms with Crippen molar-refractivity contribution in [3.63, 3.8) is 0 Å². The zero-order chi connectivity index (χ0) is 13.9. The highest BCUT2D eigenvalue weighted by molar-refractivity contribution is 7.89. The Hall–Kier alpha value is -1.40. The summed E-state index contributed by atoms with van der Waals surface area (Å²) in [5.41, 5.74) is 1.49. The SMILES string of the molecule is Cc1ccc(C(C)C)cc1S(=O)(=O)NCC(=O)O. The lowest BCUT2D eigenvalue weighted by Gasteiger charge is -2.12. The molecule has 0 aromatic heterocycles. The minimum absolute atomic E-state index is 0.134. The molecule has 6 heteroatoms. The molecule has 0 heterocycles. The summed E-state index contributed by atoms with van der Waals surface area (Å²) in [6.07, 6.45) is 0. The highest BCUT2D eigenvalue weighted by Gasteiger charge is 2.18. The van der Waals surface area contributed by atoms with E-state index in [9.17, 15) is 13.2 Å². The summed E-state index contributed by atoms with van der Waals surface area (Å²) in [6.45, 7) is 4.99. The van der Waals surface area contributed by atoms with Gasteiger partial charge in [-0.15, -0.1) is 0 Å². The number of benzene rings is 1. The van der Waals surface area contributed by atoms with Crippen LogP contribution < -0.4 is 4.72 Å². The van der Waals surface area contributed by atoms with Crippen molar-refractivity contribution in [1.29, 1.82) is 0 Å². The first-order valence-corrected chi connectivity index (χ1v) is 7.04. The monoisotopic (exact) mass is 271 g/mol. The zero-order valence-electron chi connectivity index (χ0n) is 10.6. The quantitative estimate of drug-likeness (QED) is 0.849. The molecule has 1 rings (SSSR count). The summed E-state index contributed by atoms with van der Waals surface area (Å²) in [7, 11) is -3.77. The van der Waals surface area contributed by atoms with Crippen LogP contribution in [0.2, 0.25) is 0 Å². The smallest absolute Gasteiger partial charge is 0.318 e. The van der Waals surface area contributed by atoms with Gasteiger partial charge in [0.25, 0.3) is 0 Å². The Morgan fingerprint density at radius 2 is 2.00 bits per heavy atom. The lowest BCUT2D eigenvalue weighted by atomic mass is 10.0. The molecule has 0 spiro atoms. The van der Waals surface area contributed by atoms with Crippen LogP contribution in [-0.4, -0.2) is 26.0 Å². The average Bonchev–Trinajstić information content (AvgIpc) is 2.26. The molecule has 0 bridgehead atoms. The van der Waals surface area contributed by atoms with Crippen molar-refractivity contribution >= 4 is 16.0 Å². The van der Waals surface area contributed by atoms with Crippen LogP contribution in [0.25, 0.3) is 0 Å². The van der Waals surface area contributed by atoms with Gasteiger partial charge in [0.1, 0.15) is 6.54 Å².